The Morgan fingerprint density at radius 2 is 1.57 bits per heavy atom. The molecule has 0 aliphatic rings. The molecule has 7 nitrogen and oxygen atoms in total. The van der Waals surface area contributed by atoms with Gasteiger partial charge in [-0.2, -0.15) is 0 Å². The van der Waals surface area contributed by atoms with Gasteiger partial charge in [0, 0.05) is 32.5 Å². The van der Waals surface area contributed by atoms with Crippen LogP contribution in [0.4, 0.5) is 11.4 Å². The second-order valence-electron chi connectivity index (χ2n) is 6.58. The molecule has 0 bridgehead atoms. The average molecular weight is 421 g/mol. The minimum atomic E-state index is -3.75. The van der Waals surface area contributed by atoms with Crippen LogP contribution in [-0.4, -0.2) is 31.9 Å². The van der Waals surface area contributed by atoms with Crippen molar-refractivity contribution in [1.29, 1.82) is 0 Å². The van der Waals surface area contributed by atoms with E-state index in [0.29, 0.717) is 17.1 Å². The Kier molecular flexibility index (Phi) is 5.27. The highest BCUT2D eigenvalue weighted by Crippen LogP contribution is 2.21. The van der Waals surface area contributed by atoms with E-state index in [1.54, 1.807) is 42.9 Å². The SMILES string of the molecule is Cc1c(Cl)c(=O)n(-c2ccc(S(=O)(=O)Nc3ccc(N(C)C)cc3)cc2)n1C. The molecule has 28 heavy (non-hydrogen) atoms. The highest BCUT2D eigenvalue weighted by molar-refractivity contribution is 7.92. The van der Waals surface area contributed by atoms with Crippen molar-refractivity contribution in [3.63, 3.8) is 0 Å². The minimum absolute atomic E-state index is 0.0954. The Hall–Kier alpha value is -2.71. The van der Waals surface area contributed by atoms with Crippen molar-refractivity contribution in [2.75, 3.05) is 23.7 Å². The van der Waals surface area contributed by atoms with Gasteiger partial charge in [0.1, 0.15) is 5.02 Å². The van der Waals surface area contributed by atoms with Crippen LogP contribution in [0.15, 0.2) is 58.2 Å². The van der Waals surface area contributed by atoms with Crippen LogP contribution < -0.4 is 15.2 Å². The zero-order valence-corrected chi connectivity index (χ0v) is 17.5. The van der Waals surface area contributed by atoms with Gasteiger partial charge in [0.25, 0.3) is 15.6 Å². The predicted molar refractivity (Wildman–Crippen MR) is 112 cm³/mol. The Bertz CT molecular complexity index is 1160. The van der Waals surface area contributed by atoms with Gasteiger partial charge in [0.2, 0.25) is 0 Å². The van der Waals surface area contributed by atoms with Crippen molar-refractivity contribution < 1.29 is 8.42 Å². The minimum Gasteiger partial charge on any atom is -0.378 e. The molecule has 0 aliphatic heterocycles. The normalized spacial score (nSPS) is 11.5. The zero-order chi connectivity index (χ0) is 20.6. The summed E-state index contributed by atoms with van der Waals surface area (Å²) in [5, 5.41) is 0.141. The van der Waals surface area contributed by atoms with Gasteiger partial charge in [-0.05, 0) is 55.5 Å². The van der Waals surface area contributed by atoms with Crippen LogP contribution in [0.3, 0.4) is 0 Å². The van der Waals surface area contributed by atoms with Gasteiger partial charge in [0.15, 0.2) is 0 Å². The highest BCUT2D eigenvalue weighted by atomic mass is 35.5. The van der Waals surface area contributed by atoms with E-state index in [9.17, 15) is 13.2 Å². The summed E-state index contributed by atoms with van der Waals surface area (Å²) in [6, 6.07) is 13.1. The van der Waals surface area contributed by atoms with Gasteiger partial charge in [0.05, 0.1) is 16.3 Å². The van der Waals surface area contributed by atoms with E-state index in [2.05, 4.69) is 4.72 Å². The number of hydrogen-bond donors (Lipinski definition) is 1. The van der Waals surface area contributed by atoms with E-state index in [1.807, 2.05) is 31.1 Å². The van der Waals surface area contributed by atoms with Crippen LogP contribution in [0.2, 0.25) is 5.02 Å². The number of sulfonamides is 1. The van der Waals surface area contributed by atoms with Crippen molar-refractivity contribution in [2.24, 2.45) is 7.05 Å². The number of halogens is 1. The summed E-state index contributed by atoms with van der Waals surface area (Å²) in [5.41, 5.74) is 2.24. The van der Waals surface area contributed by atoms with Crippen LogP contribution in [0.5, 0.6) is 0 Å². The fraction of sp³-hybridized carbons (Fsp3) is 0.211. The number of anilines is 2. The summed E-state index contributed by atoms with van der Waals surface area (Å²) in [7, 11) is 1.78. The lowest BCUT2D eigenvalue weighted by Gasteiger charge is -2.14. The fourth-order valence-corrected chi connectivity index (χ4v) is 4.04. The Morgan fingerprint density at radius 1 is 1.00 bits per heavy atom. The van der Waals surface area contributed by atoms with Gasteiger partial charge in [-0.1, -0.05) is 11.6 Å². The van der Waals surface area contributed by atoms with Crippen molar-refractivity contribution >= 4 is 33.0 Å². The molecule has 0 spiro atoms. The van der Waals surface area contributed by atoms with Gasteiger partial charge in [-0.25, -0.2) is 13.1 Å². The highest BCUT2D eigenvalue weighted by Gasteiger charge is 2.17. The van der Waals surface area contributed by atoms with Crippen molar-refractivity contribution in [1.82, 2.24) is 9.36 Å². The Balaban J connectivity index is 1.88. The quantitative estimate of drug-likeness (QED) is 0.688. The lowest BCUT2D eigenvalue weighted by atomic mass is 10.3. The number of nitrogens with zero attached hydrogens (tertiary/aromatic N) is 3. The maximum absolute atomic E-state index is 12.6. The van der Waals surface area contributed by atoms with E-state index < -0.39 is 10.0 Å². The van der Waals surface area contributed by atoms with Crippen molar-refractivity contribution in [2.45, 2.75) is 11.8 Å². The molecular formula is C19H21ClN4O3S. The third-order valence-corrected chi connectivity index (χ3v) is 6.34. The number of rotatable bonds is 5. The molecule has 0 saturated carbocycles. The van der Waals surface area contributed by atoms with Crippen LogP contribution in [0.25, 0.3) is 5.69 Å². The topological polar surface area (TPSA) is 76.3 Å². The standard InChI is InChI=1S/C19H21ClN4O3S/c1-13-18(20)19(25)24(23(13)4)16-9-11-17(12-10-16)28(26,27)21-14-5-7-15(8-6-14)22(2)3/h5-12,21H,1-4H3. The molecular weight excluding hydrogens is 400 g/mol. The fourth-order valence-electron chi connectivity index (χ4n) is 2.77. The average Bonchev–Trinajstić information content (AvgIpc) is 2.85. The van der Waals surface area contributed by atoms with Gasteiger partial charge < -0.3 is 4.90 Å². The summed E-state index contributed by atoms with van der Waals surface area (Å²) in [4.78, 5) is 14.3. The van der Waals surface area contributed by atoms with Gasteiger partial charge in [-0.3, -0.25) is 14.2 Å². The summed E-state index contributed by atoms with van der Waals surface area (Å²) >= 11 is 6.02. The third-order valence-electron chi connectivity index (χ3n) is 4.51. The lowest BCUT2D eigenvalue weighted by molar-refractivity contribution is 0.601. The van der Waals surface area contributed by atoms with Crippen molar-refractivity contribution in [3.05, 3.63) is 69.6 Å². The van der Waals surface area contributed by atoms with Crippen LogP contribution in [0.1, 0.15) is 5.69 Å². The van der Waals surface area contributed by atoms with Gasteiger partial charge in [-0.15, -0.1) is 0 Å². The molecule has 3 aromatic rings. The third kappa shape index (κ3) is 3.65. The number of aromatic nitrogens is 2. The second kappa shape index (κ2) is 7.37. The molecule has 3 rings (SSSR count). The molecule has 148 valence electrons. The molecule has 9 heteroatoms. The largest absolute Gasteiger partial charge is 0.378 e. The first-order valence-electron chi connectivity index (χ1n) is 8.46. The summed E-state index contributed by atoms with van der Waals surface area (Å²) in [6.07, 6.45) is 0. The molecule has 2 aromatic carbocycles. The van der Waals surface area contributed by atoms with Gasteiger partial charge >= 0.3 is 0 Å². The first-order valence-corrected chi connectivity index (χ1v) is 10.3. The zero-order valence-electron chi connectivity index (χ0n) is 16.0. The first kappa shape index (κ1) is 20.0. The second-order valence-corrected chi connectivity index (χ2v) is 8.64. The van der Waals surface area contributed by atoms with Crippen molar-refractivity contribution in [3.8, 4) is 5.69 Å². The molecule has 0 aliphatic carbocycles. The number of nitrogens with one attached hydrogen (secondary N) is 1. The molecule has 1 N–H and O–H groups in total. The molecule has 0 unspecified atom stereocenters. The lowest BCUT2D eigenvalue weighted by Crippen LogP contribution is -2.20. The van der Waals surface area contributed by atoms with Crippen LogP contribution in [-0.2, 0) is 17.1 Å². The molecule has 0 atom stereocenters. The van der Waals surface area contributed by atoms with E-state index >= 15 is 0 Å². The van der Waals surface area contributed by atoms with E-state index in [0.717, 1.165) is 5.69 Å². The Labute approximate surface area is 168 Å². The Morgan fingerprint density at radius 3 is 2.04 bits per heavy atom. The summed E-state index contributed by atoms with van der Waals surface area (Å²) < 4.78 is 30.9. The molecule has 0 saturated heterocycles. The molecule has 0 amide bonds. The van der Waals surface area contributed by atoms with E-state index in [-0.39, 0.29) is 15.5 Å². The summed E-state index contributed by atoms with van der Waals surface area (Å²) in [6.45, 7) is 1.74. The monoisotopic (exact) mass is 420 g/mol. The first-order chi connectivity index (χ1) is 13.1. The number of benzene rings is 2. The molecule has 1 aromatic heterocycles. The van der Waals surface area contributed by atoms with E-state index in [4.69, 9.17) is 11.6 Å². The smallest absolute Gasteiger partial charge is 0.290 e. The maximum Gasteiger partial charge on any atom is 0.290 e. The predicted octanol–water partition coefficient (Wildman–Crippen LogP) is 3.00. The summed E-state index contributed by atoms with van der Waals surface area (Å²) in [5.74, 6) is 0. The molecule has 1 heterocycles. The molecule has 0 fully saturated rings. The van der Waals surface area contributed by atoms with Crippen LogP contribution >= 0.6 is 11.6 Å². The molecule has 0 radical (unpaired) electrons. The maximum atomic E-state index is 12.6. The van der Waals surface area contributed by atoms with Crippen LogP contribution in [0, 0.1) is 6.92 Å². The van der Waals surface area contributed by atoms with E-state index in [1.165, 1.54) is 16.8 Å². The number of hydrogen-bond acceptors (Lipinski definition) is 4.